The average Bonchev–Trinajstić information content (AvgIpc) is 1.65. The largest absolute Gasteiger partial charge is 0.471 e. The number of ether oxygens (including phenoxy) is 1. The van der Waals surface area contributed by atoms with Crippen molar-refractivity contribution in [3.63, 3.8) is 0 Å². The topological polar surface area (TPSA) is 43.4 Å². The van der Waals surface area contributed by atoms with Gasteiger partial charge < -0.3 is 4.74 Å². The van der Waals surface area contributed by atoms with Crippen molar-refractivity contribution in [3.05, 3.63) is 0 Å². The van der Waals surface area contributed by atoms with Gasteiger partial charge in [-0.15, -0.1) is 0 Å². The van der Waals surface area contributed by atoms with Gasteiger partial charge in [0.2, 0.25) is 0 Å². The van der Waals surface area contributed by atoms with Crippen LogP contribution in [0, 0.1) is 0 Å². The fourth-order valence-electron chi connectivity index (χ4n) is 0. The zero-order valence-electron chi connectivity index (χ0n) is 5.21. The van der Waals surface area contributed by atoms with E-state index in [4.69, 9.17) is 4.79 Å². The predicted octanol–water partition coefficient (Wildman–Crippen LogP) is -0.216. The second-order valence-electron chi connectivity index (χ2n) is 1.07. The van der Waals surface area contributed by atoms with Crippen molar-refractivity contribution >= 4 is 17.3 Å². The second kappa shape index (κ2) is 9.80. The Morgan fingerprint density at radius 3 is 1.62 bits per heavy atom. The summed E-state index contributed by atoms with van der Waals surface area (Å²) in [7, 11) is 0.701. The van der Waals surface area contributed by atoms with Crippen molar-refractivity contribution in [2.75, 3.05) is 19.6 Å². The third-order valence-electron chi connectivity index (χ3n) is 0.0962. The molecule has 0 heterocycles. The number of hydrogen-bond acceptors (Lipinski definition) is 3. The molecule has 0 aromatic rings. The van der Waals surface area contributed by atoms with Crippen LogP contribution < -0.4 is 0 Å². The zero-order valence-corrected chi connectivity index (χ0v) is 6.03. The first-order valence-electron chi connectivity index (χ1n) is 1.86. The van der Waals surface area contributed by atoms with Gasteiger partial charge in [-0.05, 0) is 0 Å². The van der Waals surface area contributed by atoms with Crippen LogP contribution in [0.4, 0.5) is 0 Å². The van der Waals surface area contributed by atoms with Gasteiger partial charge in [0, 0.05) is 23.3 Å². The van der Waals surface area contributed by atoms with Crippen LogP contribution in [-0.4, -0.2) is 30.3 Å². The van der Waals surface area contributed by atoms with E-state index in [1.54, 1.807) is 12.5 Å². The molecule has 0 aliphatic heterocycles. The van der Waals surface area contributed by atoms with Gasteiger partial charge in [0.15, 0.2) is 0 Å². The second-order valence-corrected chi connectivity index (χ2v) is 2.56. The summed E-state index contributed by atoms with van der Waals surface area (Å²) in [5.74, 6) is 0. The maximum absolute atomic E-state index is 9.56. The number of rotatable bonds is 1. The van der Waals surface area contributed by atoms with Gasteiger partial charge in [0.05, 0.1) is 7.11 Å². The molecule has 0 atom stereocenters. The molecule has 0 bridgehead atoms. The van der Waals surface area contributed by atoms with Crippen LogP contribution in [0.1, 0.15) is 0 Å². The van der Waals surface area contributed by atoms with Crippen molar-refractivity contribution in [2.24, 2.45) is 0 Å². The summed E-state index contributed by atoms with van der Waals surface area (Å²) in [6, 6.07) is 0. The highest BCUT2D eigenvalue weighted by Crippen LogP contribution is 1.47. The van der Waals surface area contributed by atoms with Gasteiger partial charge >= 0.3 is 0 Å². The van der Waals surface area contributed by atoms with Crippen LogP contribution in [-0.2, 0) is 20.3 Å². The smallest absolute Gasteiger partial charge is 0.292 e. The maximum Gasteiger partial charge on any atom is 0.292 e. The minimum Gasteiger partial charge on any atom is -0.471 e. The third-order valence-corrected chi connectivity index (χ3v) is 0.0962. The van der Waals surface area contributed by atoms with Crippen LogP contribution in [0.15, 0.2) is 0 Å². The Bertz CT molecular complexity index is 67.7. The summed E-state index contributed by atoms with van der Waals surface area (Å²) in [6.07, 6.45) is 3.28. The minimum absolute atomic E-state index is 0.375. The Balaban J connectivity index is 0. The van der Waals surface area contributed by atoms with Gasteiger partial charge in [-0.2, -0.15) is 0 Å². The van der Waals surface area contributed by atoms with Crippen LogP contribution in [0.5, 0.6) is 0 Å². The summed E-state index contributed by atoms with van der Waals surface area (Å²) in [5.41, 5.74) is 0. The molecule has 0 aliphatic rings. The molecule has 0 saturated carbocycles. The summed E-state index contributed by atoms with van der Waals surface area (Å²) in [4.78, 5) is 8.95. The quantitative estimate of drug-likeness (QED) is 0.471. The van der Waals surface area contributed by atoms with E-state index in [1.807, 2.05) is 0 Å². The van der Waals surface area contributed by atoms with Crippen molar-refractivity contribution < 1.29 is 13.7 Å². The minimum atomic E-state index is -0.611. The van der Waals surface area contributed by atoms with E-state index in [0.29, 0.717) is 6.47 Å². The first-order chi connectivity index (χ1) is 3.65. The van der Waals surface area contributed by atoms with Gasteiger partial charge in [0.25, 0.3) is 6.47 Å². The molecule has 0 rings (SSSR count). The summed E-state index contributed by atoms with van der Waals surface area (Å²) < 4.78 is 13.4. The molecule has 0 aliphatic carbocycles. The number of carbonyl (C=O) groups excluding carboxylic acids is 1. The Morgan fingerprint density at radius 1 is 1.50 bits per heavy atom. The fraction of sp³-hybridized carbons (Fsp3) is 0.750. The van der Waals surface area contributed by atoms with Crippen LogP contribution in [0.25, 0.3) is 0 Å². The highest BCUT2D eigenvalue weighted by Gasteiger charge is 1.57. The molecule has 8 heavy (non-hydrogen) atoms. The molecule has 0 saturated heterocycles. The number of hydrogen-bond donors (Lipinski definition) is 0. The Hall–Kier alpha value is -0.380. The highest BCUT2D eigenvalue weighted by molar-refractivity contribution is 7.83. The molecule has 50 valence electrons. The SMILES string of the molecule is COC=O.CS(C)=O. The van der Waals surface area contributed by atoms with E-state index in [9.17, 15) is 4.21 Å². The maximum atomic E-state index is 9.56. The zero-order chi connectivity index (χ0) is 6.99. The molecule has 0 unspecified atom stereocenters. The third kappa shape index (κ3) is 312. The van der Waals surface area contributed by atoms with Crippen LogP contribution in [0.2, 0.25) is 0 Å². The lowest BCUT2D eigenvalue weighted by molar-refractivity contribution is -0.126. The van der Waals surface area contributed by atoms with E-state index < -0.39 is 10.8 Å². The summed E-state index contributed by atoms with van der Waals surface area (Å²) >= 11 is 0. The van der Waals surface area contributed by atoms with Crippen molar-refractivity contribution in [2.45, 2.75) is 0 Å². The van der Waals surface area contributed by atoms with Crippen molar-refractivity contribution in [1.29, 1.82) is 0 Å². The number of methoxy groups -OCH3 is 1. The van der Waals surface area contributed by atoms with E-state index in [1.165, 1.54) is 7.11 Å². The molecule has 4 heteroatoms. The molecule has 3 nitrogen and oxygen atoms in total. The standard InChI is InChI=1S/C2H4O2.C2H6OS/c1-4-2-3;1-4(2)3/h2H,1H3;1-2H3. The number of carbonyl (C=O) groups is 1. The van der Waals surface area contributed by atoms with E-state index in [-0.39, 0.29) is 0 Å². The lowest BCUT2D eigenvalue weighted by atomic mass is 11.5. The van der Waals surface area contributed by atoms with Gasteiger partial charge in [-0.1, -0.05) is 0 Å². The summed E-state index contributed by atoms with van der Waals surface area (Å²) in [6.45, 7) is 0.375. The Morgan fingerprint density at radius 2 is 1.62 bits per heavy atom. The van der Waals surface area contributed by atoms with E-state index in [2.05, 4.69) is 4.74 Å². The lowest BCUT2D eigenvalue weighted by Gasteiger charge is -1.67. The first kappa shape index (κ1) is 10.6. The highest BCUT2D eigenvalue weighted by atomic mass is 32.2. The first-order valence-corrected chi connectivity index (χ1v) is 3.83. The molecule has 0 radical (unpaired) electrons. The Kier molecular flexibility index (Phi) is 12.9. The lowest BCUT2D eigenvalue weighted by Crippen LogP contribution is -1.70. The molecule has 0 amide bonds. The molecule has 0 spiro atoms. The normalized spacial score (nSPS) is 7.00. The van der Waals surface area contributed by atoms with E-state index in [0.717, 1.165) is 0 Å². The summed E-state index contributed by atoms with van der Waals surface area (Å²) in [5, 5.41) is 0. The van der Waals surface area contributed by atoms with E-state index >= 15 is 0 Å². The molecule has 0 aromatic heterocycles. The van der Waals surface area contributed by atoms with Gasteiger partial charge in [-0.25, -0.2) is 0 Å². The predicted molar refractivity (Wildman–Crippen MR) is 33.1 cm³/mol. The fourth-order valence-corrected chi connectivity index (χ4v) is 0. The molecule has 0 aromatic carbocycles. The van der Waals surface area contributed by atoms with Gasteiger partial charge in [0.1, 0.15) is 0 Å². The van der Waals surface area contributed by atoms with Crippen LogP contribution >= 0.6 is 0 Å². The van der Waals surface area contributed by atoms with Crippen molar-refractivity contribution in [3.8, 4) is 0 Å². The molecule has 0 N–H and O–H groups in total. The van der Waals surface area contributed by atoms with Gasteiger partial charge in [-0.3, -0.25) is 9.00 Å². The van der Waals surface area contributed by atoms with Crippen molar-refractivity contribution in [1.82, 2.24) is 0 Å². The monoisotopic (exact) mass is 138 g/mol. The average molecular weight is 138 g/mol. The molecular weight excluding hydrogens is 128 g/mol. The molecular formula is C4H10O3S. The molecule has 0 fully saturated rings. The van der Waals surface area contributed by atoms with Crippen LogP contribution in [0.3, 0.4) is 0 Å². The Labute approximate surface area is 51.5 Å².